The Morgan fingerprint density at radius 2 is 2.36 bits per heavy atom. The lowest BCUT2D eigenvalue weighted by atomic mass is 10.4. The first-order valence-corrected chi connectivity index (χ1v) is 5.67. The van der Waals surface area contributed by atoms with Crippen molar-refractivity contribution in [2.24, 2.45) is 0 Å². The Hall–Kier alpha value is -0.680. The Kier molecular flexibility index (Phi) is 2.69. The number of rotatable bonds is 3. The molecule has 78 valence electrons. The second-order valence-electron chi connectivity index (χ2n) is 3.40. The van der Waals surface area contributed by atoms with Crippen molar-refractivity contribution in [2.75, 3.05) is 18.9 Å². The summed E-state index contributed by atoms with van der Waals surface area (Å²) in [6.07, 6.45) is 0. The van der Waals surface area contributed by atoms with Crippen molar-refractivity contribution in [3.8, 4) is 0 Å². The van der Waals surface area contributed by atoms with Crippen LogP contribution in [-0.2, 0) is 11.3 Å². The highest BCUT2D eigenvalue weighted by atomic mass is 32.2. The summed E-state index contributed by atoms with van der Waals surface area (Å²) < 4.78 is 7.10. The lowest BCUT2D eigenvalue weighted by molar-refractivity contribution is 0.0454. The maximum Gasteiger partial charge on any atom is 0.118 e. The van der Waals surface area contributed by atoms with Crippen LogP contribution in [0.25, 0.3) is 0 Å². The fourth-order valence-corrected chi connectivity index (χ4v) is 2.56. The molecule has 0 atom stereocenters. The van der Waals surface area contributed by atoms with Crippen molar-refractivity contribution >= 4 is 17.4 Å². The van der Waals surface area contributed by atoms with Crippen LogP contribution in [0.4, 0.5) is 5.69 Å². The summed E-state index contributed by atoms with van der Waals surface area (Å²) in [4.78, 5) is 0. The molecule has 0 unspecified atom stereocenters. The Morgan fingerprint density at radius 1 is 1.64 bits per heavy atom. The van der Waals surface area contributed by atoms with Crippen molar-refractivity contribution in [3.05, 3.63) is 5.69 Å². The van der Waals surface area contributed by atoms with Gasteiger partial charge >= 0.3 is 0 Å². The topological polar surface area (TPSA) is 53.1 Å². The summed E-state index contributed by atoms with van der Waals surface area (Å²) in [6, 6.07) is 0. The molecule has 2 rings (SSSR count). The van der Waals surface area contributed by atoms with E-state index < -0.39 is 0 Å². The van der Waals surface area contributed by atoms with Crippen molar-refractivity contribution in [1.29, 1.82) is 0 Å². The van der Waals surface area contributed by atoms with E-state index in [1.165, 1.54) is 0 Å². The van der Waals surface area contributed by atoms with E-state index in [1.54, 1.807) is 11.8 Å². The van der Waals surface area contributed by atoms with Gasteiger partial charge in [0.25, 0.3) is 0 Å². The molecule has 1 aliphatic heterocycles. The van der Waals surface area contributed by atoms with Crippen LogP contribution in [-0.4, -0.2) is 28.2 Å². The number of nitrogens with two attached hydrogens (primary N) is 1. The zero-order valence-electron chi connectivity index (χ0n) is 8.49. The number of hydrogen-bond donors (Lipinski definition) is 1. The minimum absolute atomic E-state index is 0.554. The minimum Gasteiger partial charge on any atom is -0.395 e. The van der Waals surface area contributed by atoms with Gasteiger partial charge in [-0.2, -0.15) is 5.10 Å². The molecule has 4 nitrogen and oxygen atoms in total. The van der Waals surface area contributed by atoms with Crippen LogP contribution in [0.2, 0.25) is 0 Å². The zero-order valence-corrected chi connectivity index (χ0v) is 9.30. The van der Waals surface area contributed by atoms with Gasteiger partial charge < -0.3 is 10.5 Å². The fourth-order valence-electron chi connectivity index (χ4n) is 1.35. The lowest BCUT2D eigenvalue weighted by Gasteiger charge is -2.25. The van der Waals surface area contributed by atoms with Gasteiger partial charge in [-0.05, 0) is 13.8 Å². The van der Waals surface area contributed by atoms with Gasteiger partial charge in [0.05, 0.1) is 29.8 Å². The Labute approximate surface area is 87.8 Å². The van der Waals surface area contributed by atoms with E-state index in [0.29, 0.717) is 5.25 Å². The van der Waals surface area contributed by atoms with Gasteiger partial charge in [0.2, 0.25) is 0 Å². The third-order valence-electron chi connectivity index (χ3n) is 2.31. The summed E-state index contributed by atoms with van der Waals surface area (Å²) in [6.45, 7) is 6.56. The fraction of sp³-hybridized carbons (Fsp3) is 0.667. The number of aryl methyl sites for hydroxylation is 2. The summed E-state index contributed by atoms with van der Waals surface area (Å²) >= 11 is 1.78. The summed E-state index contributed by atoms with van der Waals surface area (Å²) in [5.41, 5.74) is 7.71. The molecule has 0 aromatic carbocycles. The highest BCUT2D eigenvalue weighted by Gasteiger charge is 2.23. The molecule has 1 aromatic rings. The van der Waals surface area contributed by atoms with Crippen molar-refractivity contribution < 1.29 is 4.74 Å². The Balaban J connectivity index is 2.20. The van der Waals surface area contributed by atoms with E-state index in [0.717, 1.165) is 36.2 Å². The maximum absolute atomic E-state index is 5.96. The first-order valence-electron chi connectivity index (χ1n) is 4.79. The van der Waals surface area contributed by atoms with Gasteiger partial charge in [0.15, 0.2) is 0 Å². The second kappa shape index (κ2) is 3.82. The van der Waals surface area contributed by atoms with Crippen LogP contribution in [0, 0.1) is 6.92 Å². The number of nitrogens with zero attached hydrogens (tertiary/aromatic N) is 2. The molecule has 5 heteroatoms. The third kappa shape index (κ3) is 1.62. The van der Waals surface area contributed by atoms with Gasteiger partial charge in [0.1, 0.15) is 5.03 Å². The number of ether oxygens (including phenoxy) is 1. The molecule has 2 heterocycles. The first-order chi connectivity index (χ1) is 6.72. The van der Waals surface area contributed by atoms with E-state index in [9.17, 15) is 0 Å². The Bertz CT molecular complexity index is 333. The van der Waals surface area contributed by atoms with Gasteiger partial charge in [-0.25, -0.2) is 0 Å². The van der Waals surface area contributed by atoms with Gasteiger partial charge in [-0.15, -0.1) is 0 Å². The zero-order chi connectivity index (χ0) is 10.1. The standard InChI is InChI=1S/C9H15N3OS/c1-3-12-9(8(10)6(2)11-12)14-7-4-13-5-7/h7H,3-5,10H2,1-2H3. The predicted octanol–water partition coefficient (Wildman–Crippen LogP) is 1.28. The first kappa shape index (κ1) is 9.86. The molecule has 1 fully saturated rings. The Morgan fingerprint density at radius 3 is 2.86 bits per heavy atom. The van der Waals surface area contributed by atoms with E-state index in [4.69, 9.17) is 10.5 Å². The van der Waals surface area contributed by atoms with Gasteiger partial charge in [0, 0.05) is 6.54 Å². The van der Waals surface area contributed by atoms with E-state index in [1.807, 2.05) is 11.6 Å². The highest BCUT2D eigenvalue weighted by Crippen LogP contribution is 2.33. The third-order valence-corrected chi connectivity index (χ3v) is 3.57. The molecule has 0 radical (unpaired) electrons. The van der Waals surface area contributed by atoms with E-state index >= 15 is 0 Å². The molecular weight excluding hydrogens is 198 g/mol. The van der Waals surface area contributed by atoms with Crippen molar-refractivity contribution in [1.82, 2.24) is 9.78 Å². The molecule has 0 bridgehead atoms. The number of nitrogen functional groups attached to an aromatic ring is 1. The summed E-state index contributed by atoms with van der Waals surface area (Å²) in [5.74, 6) is 0. The van der Waals surface area contributed by atoms with Gasteiger partial charge in [-0.1, -0.05) is 11.8 Å². The quantitative estimate of drug-likeness (QED) is 0.822. The molecule has 1 aromatic heterocycles. The normalized spacial score (nSPS) is 17.0. The molecule has 2 N–H and O–H groups in total. The largest absolute Gasteiger partial charge is 0.395 e. The van der Waals surface area contributed by atoms with Crippen LogP contribution >= 0.6 is 11.8 Å². The number of anilines is 1. The predicted molar refractivity (Wildman–Crippen MR) is 57.5 cm³/mol. The summed E-state index contributed by atoms with van der Waals surface area (Å²) in [5, 5.41) is 6.02. The van der Waals surface area contributed by atoms with Crippen molar-refractivity contribution in [2.45, 2.75) is 30.7 Å². The highest BCUT2D eigenvalue weighted by molar-refractivity contribution is 8.00. The lowest BCUT2D eigenvalue weighted by Crippen LogP contribution is -2.30. The molecule has 0 spiro atoms. The second-order valence-corrected chi connectivity index (χ2v) is 4.69. The van der Waals surface area contributed by atoms with Crippen LogP contribution in [0.5, 0.6) is 0 Å². The smallest absolute Gasteiger partial charge is 0.118 e. The molecule has 14 heavy (non-hydrogen) atoms. The average molecular weight is 213 g/mol. The van der Waals surface area contributed by atoms with Crippen LogP contribution in [0.1, 0.15) is 12.6 Å². The van der Waals surface area contributed by atoms with E-state index in [2.05, 4.69) is 12.0 Å². The van der Waals surface area contributed by atoms with E-state index in [-0.39, 0.29) is 0 Å². The molecule has 1 saturated heterocycles. The van der Waals surface area contributed by atoms with Crippen LogP contribution in [0.3, 0.4) is 0 Å². The molecule has 0 saturated carbocycles. The molecule has 0 amide bonds. The van der Waals surface area contributed by atoms with Crippen molar-refractivity contribution in [3.63, 3.8) is 0 Å². The molecular formula is C9H15N3OS. The SMILES string of the molecule is CCn1nc(C)c(N)c1SC1COC1. The minimum atomic E-state index is 0.554. The average Bonchev–Trinajstić information content (AvgIpc) is 2.37. The van der Waals surface area contributed by atoms with Crippen LogP contribution in [0.15, 0.2) is 5.03 Å². The summed E-state index contributed by atoms with van der Waals surface area (Å²) in [7, 11) is 0. The number of thioether (sulfide) groups is 1. The number of aromatic nitrogens is 2. The molecule has 0 aliphatic carbocycles. The maximum atomic E-state index is 5.96. The molecule has 1 aliphatic rings. The monoisotopic (exact) mass is 213 g/mol. The van der Waals surface area contributed by atoms with Gasteiger partial charge in [-0.3, -0.25) is 4.68 Å². The number of hydrogen-bond acceptors (Lipinski definition) is 4. The van der Waals surface area contributed by atoms with Crippen LogP contribution < -0.4 is 5.73 Å².